The third-order valence-electron chi connectivity index (χ3n) is 2.99. The second-order valence-corrected chi connectivity index (χ2v) is 6.09. The van der Waals surface area contributed by atoms with E-state index in [9.17, 15) is 9.00 Å². The molecule has 0 amide bonds. The Morgan fingerprint density at radius 1 is 1.53 bits per heavy atom. The van der Waals surface area contributed by atoms with Gasteiger partial charge in [0, 0.05) is 17.4 Å². The van der Waals surface area contributed by atoms with Crippen LogP contribution in [0.3, 0.4) is 0 Å². The fourth-order valence-electron chi connectivity index (χ4n) is 2.05. The van der Waals surface area contributed by atoms with E-state index in [0.29, 0.717) is 19.6 Å². The molecule has 17 heavy (non-hydrogen) atoms. The third kappa shape index (κ3) is 3.78. The molecule has 0 saturated carbocycles. The maximum Gasteiger partial charge on any atom is 0.321 e. The molecule has 0 radical (unpaired) electrons. The maximum absolute atomic E-state index is 12.4. The molecule has 0 aromatic rings. The van der Waals surface area contributed by atoms with Gasteiger partial charge in [0.25, 0.3) is 0 Å². The van der Waals surface area contributed by atoms with Crippen molar-refractivity contribution >= 4 is 16.8 Å². The molecule has 1 aliphatic heterocycles. The number of ether oxygens (including phenoxy) is 2. The van der Waals surface area contributed by atoms with Gasteiger partial charge in [0.1, 0.15) is 5.25 Å². The van der Waals surface area contributed by atoms with Crippen LogP contribution >= 0.6 is 0 Å². The Morgan fingerprint density at radius 3 is 2.71 bits per heavy atom. The Balaban J connectivity index is 2.68. The lowest BCUT2D eigenvalue weighted by atomic mass is 10.2. The quantitative estimate of drug-likeness (QED) is 0.683. The van der Waals surface area contributed by atoms with Gasteiger partial charge in [0.05, 0.1) is 18.0 Å². The molecule has 1 rings (SSSR count). The van der Waals surface area contributed by atoms with E-state index in [-0.39, 0.29) is 17.3 Å². The molecule has 0 aliphatic carbocycles. The lowest BCUT2D eigenvalue weighted by Gasteiger charge is -2.20. The van der Waals surface area contributed by atoms with Crippen molar-refractivity contribution in [3.05, 3.63) is 0 Å². The van der Waals surface area contributed by atoms with Crippen molar-refractivity contribution in [2.75, 3.05) is 13.2 Å². The molecule has 0 aromatic carbocycles. The van der Waals surface area contributed by atoms with Gasteiger partial charge in [-0.15, -0.1) is 0 Å². The standard InChI is InChI=1S/C12H22O4S/c1-4-6-11(12(13)15-5-2)17(14)10-7-8-16-9(10)3/h9-11H,4-8H2,1-3H3. The average Bonchev–Trinajstić information content (AvgIpc) is 2.71. The van der Waals surface area contributed by atoms with Crippen molar-refractivity contribution in [2.45, 2.75) is 56.6 Å². The molecular formula is C12H22O4S. The van der Waals surface area contributed by atoms with E-state index in [1.807, 2.05) is 13.8 Å². The number of rotatable bonds is 6. The van der Waals surface area contributed by atoms with Gasteiger partial charge in [0.2, 0.25) is 0 Å². The Kier molecular flexibility index (Phi) is 6.12. The first-order valence-electron chi connectivity index (χ1n) is 6.29. The summed E-state index contributed by atoms with van der Waals surface area (Å²) in [5.74, 6) is -0.327. The van der Waals surface area contributed by atoms with Crippen molar-refractivity contribution in [1.82, 2.24) is 0 Å². The molecule has 1 heterocycles. The zero-order valence-corrected chi connectivity index (χ0v) is 11.6. The largest absolute Gasteiger partial charge is 0.465 e. The molecule has 0 aromatic heterocycles. The highest BCUT2D eigenvalue weighted by Gasteiger charge is 2.37. The van der Waals surface area contributed by atoms with Crippen molar-refractivity contribution in [3.63, 3.8) is 0 Å². The first-order valence-corrected chi connectivity index (χ1v) is 7.57. The Morgan fingerprint density at radius 2 is 2.24 bits per heavy atom. The van der Waals surface area contributed by atoms with Crippen LogP contribution in [0.25, 0.3) is 0 Å². The third-order valence-corrected chi connectivity index (χ3v) is 5.19. The fraction of sp³-hybridized carbons (Fsp3) is 0.917. The minimum absolute atomic E-state index is 0.0235. The van der Waals surface area contributed by atoms with Gasteiger partial charge < -0.3 is 9.47 Å². The highest BCUT2D eigenvalue weighted by Crippen LogP contribution is 2.23. The zero-order chi connectivity index (χ0) is 12.8. The number of esters is 1. The van der Waals surface area contributed by atoms with Gasteiger partial charge in [-0.1, -0.05) is 13.3 Å². The summed E-state index contributed by atoms with van der Waals surface area (Å²) < 4.78 is 22.8. The van der Waals surface area contributed by atoms with Crippen LogP contribution in [0.5, 0.6) is 0 Å². The Hall–Kier alpha value is -0.420. The van der Waals surface area contributed by atoms with E-state index in [4.69, 9.17) is 9.47 Å². The van der Waals surface area contributed by atoms with E-state index in [2.05, 4.69) is 0 Å². The summed E-state index contributed by atoms with van der Waals surface area (Å²) in [6.07, 6.45) is 2.20. The summed E-state index contributed by atoms with van der Waals surface area (Å²) in [6, 6.07) is 0. The SMILES string of the molecule is CCCC(C(=O)OCC)S(=O)C1CCOC1C. The minimum Gasteiger partial charge on any atom is -0.465 e. The second kappa shape index (κ2) is 7.11. The van der Waals surface area contributed by atoms with Crippen LogP contribution in [-0.4, -0.2) is 40.0 Å². The van der Waals surface area contributed by atoms with Crippen LogP contribution < -0.4 is 0 Å². The molecule has 100 valence electrons. The molecule has 0 bridgehead atoms. The van der Waals surface area contributed by atoms with E-state index in [0.717, 1.165) is 12.8 Å². The number of carbonyl (C=O) groups is 1. The number of hydrogen-bond acceptors (Lipinski definition) is 4. The van der Waals surface area contributed by atoms with Gasteiger partial charge in [-0.2, -0.15) is 0 Å². The van der Waals surface area contributed by atoms with E-state index >= 15 is 0 Å². The predicted molar refractivity (Wildman–Crippen MR) is 67.3 cm³/mol. The smallest absolute Gasteiger partial charge is 0.321 e. The molecule has 1 saturated heterocycles. The lowest BCUT2D eigenvalue weighted by molar-refractivity contribution is -0.142. The van der Waals surface area contributed by atoms with Crippen molar-refractivity contribution in [3.8, 4) is 0 Å². The summed E-state index contributed by atoms with van der Waals surface area (Å²) in [7, 11) is -1.19. The monoisotopic (exact) mass is 262 g/mol. The van der Waals surface area contributed by atoms with Gasteiger partial charge in [-0.3, -0.25) is 9.00 Å². The highest BCUT2D eigenvalue weighted by molar-refractivity contribution is 7.87. The van der Waals surface area contributed by atoms with Gasteiger partial charge in [0.15, 0.2) is 0 Å². The molecular weight excluding hydrogens is 240 g/mol. The summed E-state index contributed by atoms with van der Waals surface area (Å²) in [6.45, 7) is 6.65. The molecule has 4 nitrogen and oxygen atoms in total. The number of carbonyl (C=O) groups excluding carboxylic acids is 1. The predicted octanol–water partition coefficient (Wildman–Crippen LogP) is 1.64. The van der Waals surface area contributed by atoms with Crippen LogP contribution in [0.4, 0.5) is 0 Å². The molecule has 4 unspecified atom stereocenters. The first kappa shape index (κ1) is 14.6. The zero-order valence-electron chi connectivity index (χ0n) is 10.8. The van der Waals surface area contributed by atoms with E-state index < -0.39 is 16.0 Å². The van der Waals surface area contributed by atoms with Crippen LogP contribution in [0.1, 0.15) is 40.0 Å². The lowest BCUT2D eigenvalue weighted by Crippen LogP contribution is -2.36. The molecule has 4 atom stereocenters. The highest BCUT2D eigenvalue weighted by atomic mass is 32.2. The topological polar surface area (TPSA) is 52.6 Å². The molecule has 1 fully saturated rings. The normalized spacial score (nSPS) is 27.7. The van der Waals surface area contributed by atoms with Crippen LogP contribution in [0.2, 0.25) is 0 Å². The number of hydrogen-bond donors (Lipinski definition) is 0. The summed E-state index contributed by atoms with van der Waals surface area (Å²) in [4.78, 5) is 11.8. The maximum atomic E-state index is 12.4. The minimum atomic E-state index is -1.19. The van der Waals surface area contributed by atoms with Crippen molar-refractivity contribution < 1.29 is 18.5 Å². The second-order valence-electron chi connectivity index (χ2n) is 4.26. The van der Waals surface area contributed by atoms with Crippen molar-refractivity contribution in [1.29, 1.82) is 0 Å². The molecule has 5 heteroatoms. The van der Waals surface area contributed by atoms with Crippen molar-refractivity contribution in [2.24, 2.45) is 0 Å². The van der Waals surface area contributed by atoms with Gasteiger partial charge in [-0.05, 0) is 26.7 Å². The molecule has 1 aliphatic rings. The Bertz CT molecular complexity index is 280. The van der Waals surface area contributed by atoms with Crippen LogP contribution in [0, 0.1) is 0 Å². The molecule has 0 spiro atoms. The summed E-state index contributed by atoms with van der Waals surface area (Å²) in [5, 5.41) is -0.523. The summed E-state index contributed by atoms with van der Waals surface area (Å²) in [5.41, 5.74) is 0. The van der Waals surface area contributed by atoms with Crippen LogP contribution in [0.15, 0.2) is 0 Å². The van der Waals surface area contributed by atoms with Gasteiger partial charge >= 0.3 is 5.97 Å². The average molecular weight is 262 g/mol. The first-order chi connectivity index (χ1) is 8.11. The summed E-state index contributed by atoms with van der Waals surface area (Å²) >= 11 is 0. The van der Waals surface area contributed by atoms with Crippen LogP contribution in [-0.2, 0) is 25.1 Å². The Labute approximate surface area is 106 Å². The fourth-order valence-corrected chi connectivity index (χ4v) is 3.99. The molecule has 0 N–H and O–H groups in total. The van der Waals surface area contributed by atoms with E-state index in [1.54, 1.807) is 6.92 Å². The van der Waals surface area contributed by atoms with Gasteiger partial charge in [-0.25, -0.2) is 0 Å². The van der Waals surface area contributed by atoms with E-state index in [1.165, 1.54) is 0 Å².